The van der Waals surface area contributed by atoms with Gasteiger partial charge in [-0.3, -0.25) is 9.59 Å². The van der Waals surface area contributed by atoms with Crippen LogP contribution >= 0.6 is 11.3 Å². The molecule has 0 aliphatic carbocycles. The van der Waals surface area contributed by atoms with Gasteiger partial charge in [0.2, 0.25) is 5.91 Å². The molecule has 1 aliphatic rings. The molecule has 3 aromatic rings. The molecule has 0 bridgehead atoms. The number of benzene rings is 2. The molecule has 1 aromatic heterocycles. The van der Waals surface area contributed by atoms with Crippen LogP contribution in [-0.2, 0) is 11.3 Å². The molecule has 0 spiro atoms. The summed E-state index contributed by atoms with van der Waals surface area (Å²) >= 11 is 1.57. The summed E-state index contributed by atoms with van der Waals surface area (Å²) in [6, 6.07) is 12.9. The van der Waals surface area contributed by atoms with E-state index in [0.29, 0.717) is 30.2 Å². The largest absolute Gasteiger partial charge is 0.493 e. The molecule has 8 heteroatoms. The van der Waals surface area contributed by atoms with E-state index in [1.165, 1.54) is 0 Å². The second kappa shape index (κ2) is 10.4. The van der Waals surface area contributed by atoms with Gasteiger partial charge in [0, 0.05) is 29.4 Å². The first-order chi connectivity index (χ1) is 15.6. The van der Waals surface area contributed by atoms with Crippen molar-refractivity contribution >= 4 is 28.8 Å². The van der Waals surface area contributed by atoms with Crippen molar-refractivity contribution in [2.75, 3.05) is 18.5 Å². The Morgan fingerprint density at radius 2 is 2.16 bits per heavy atom. The van der Waals surface area contributed by atoms with Gasteiger partial charge in [-0.05, 0) is 56.1 Å². The van der Waals surface area contributed by atoms with Crippen molar-refractivity contribution in [3.8, 4) is 16.3 Å². The Labute approximate surface area is 191 Å². The SMILES string of the molecule is CCOc1ccc(NC(=O)C2CCCN2)cc1C(=O)NCc1cccc(-c2nccs2)c1. The van der Waals surface area contributed by atoms with Gasteiger partial charge in [-0.25, -0.2) is 4.98 Å². The van der Waals surface area contributed by atoms with Gasteiger partial charge in [0.25, 0.3) is 5.91 Å². The minimum Gasteiger partial charge on any atom is -0.493 e. The molecule has 166 valence electrons. The summed E-state index contributed by atoms with van der Waals surface area (Å²) in [6.07, 6.45) is 3.58. The Kier molecular flexibility index (Phi) is 7.14. The molecule has 1 unspecified atom stereocenters. The smallest absolute Gasteiger partial charge is 0.255 e. The number of hydrogen-bond donors (Lipinski definition) is 3. The number of anilines is 1. The molecule has 1 fully saturated rings. The van der Waals surface area contributed by atoms with Crippen LogP contribution in [0.5, 0.6) is 5.75 Å². The number of amides is 2. The molecule has 4 rings (SSSR count). The highest BCUT2D eigenvalue weighted by atomic mass is 32.1. The lowest BCUT2D eigenvalue weighted by Crippen LogP contribution is -2.35. The third kappa shape index (κ3) is 5.33. The summed E-state index contributed by atoms with van der Waals surface area (Å²) < 4.78 is 5.65. The summed E-state index contributed by atoms with van der Waals surface area (Å²) in [5.41, 5.74) is 2.95. The molecule has 1 saturated heterocycles. The van der Waals surface area contributed by atoms with E-state index in [2.05, 4.69) is 20.9 Å². The topological polar surface area (TPSA) is 92.4 Å². The molecule has 1 atom stereocenters. The second-order valence-corrected chi connectivity index (χ2v) is 8.40. The molecule has 2 aromatic carbocycles. The number of nitrogens with zero attached hydrogens (tertiary/aromatic N) is 1. The van der Waals surface area contributed by atoms with Crippen molar-refractivity contribution in [1.82, 2.24) is 15.6 Å². The maximum atomic E-state index is 13.0. The molecular weight excluding hydrogens is 424 g/mol. The third-order valence-corrected chi connectivity index (χ3v) is 6.05. The number of carbonyl (C=O) groups excluding carboxylic acids is 2. The van der Waals surface area contributed by atoms with E-state index in [4.69, 9.17) is 4.74 Å². The fraction of sp³-hybridized carbons (Fsp3) is 0.292. The van der Waals surface area contributed by atoms with E-state index < -0.39 is 0 Å². The van der Waals surface area contributed by atoms with Gasteiger partial charge in [0.15, 0.2) is 0 Å². The number of aromatic nitrogens is 1. The lowest BCUT2D eigenvalue weighted by molar-refractivity contribution is -0.117. The first-order valence-electron chi connectivity index (χ1n) is 10.7. The highest BCUT2D eigenvalue weighted by Gasteiger charge is 2.22. The van der Waals surface area contributed by atoms with E-state index in [9.17, 15) is 9.59 Å². The monoisotopic (exact) mass is 450 g/mol. The average Bonchev–Trinajstić information content (AvgIpc) is 3.53. The molecule has 7 nitrogen and oxygen atoms in total. The molecule has 2 heterocycles. The van der Waals surface area contributed by atoms with Gasteiger partial charge in [-0.15, -0.1) is 11.3 Å². The van der Waals surface area contributed by atoms with Crippen LogP contribution in [0, 0.1) is 0 Å². The minimum atomic E-state index is -0.261. The standard InChI is InChI=1S/C24H26N4O3S/c1-2-31-21-9-8-18(28-23(30)20-7-4-10-25-20)14-19(21)22(29)27-15-16-5-3-6-17(13-16)24-26-11-12-32-24/h3,5-6,8-9,11-14,20,25H,2,4,7,10,15H2,1H3,(H,27,29)(H,28,30). The van der Waals surface area contributed by atoms with Crippen LogP contribution in [-0.4, -0.2) is 36.0 Å². The molecule has 2 amide bonds. The number of thiazole rings is 1. The third-order valence-electron chi connectivity index (χ3n) is 5.23. The van der Waals surface area contributed by atoms with Crippen molar-refractivity contribution in [2.45, 2.75) is 32.4 Å². The predicted molar refractivity (Wildman–Crippen MR) is 126 cm³/mol. The summed E-state index contributed by atoms with van der Waals surface area (Å²) in [6.45, 7) is 3.52. The molecular formula is C24H26N4O3S. The fourth-order valence-electron chi connectivity index (χ4n) is 3.66. The fourth-order valence-corrected chi connectivity index (χ4v) is 4.30. The minimum absolute atomic E-state index is 0.0861. The Morgan fingerprint density at radius 1 is 1.25 bits per heavy atom. The predicted octanol–water partition coefficient (Wildman–Crippen LogP) is 3.83. The van der Waals surface area contributed by atoms with Crippen LogP contribution in [0.2, 0.25) is 0 Å². The van der Waals surface area contributed by atoms with E-state index in [0.717, 1.165) is 35.5 Å². The molecule has 0 saturated carbocycles. The quantitative estimate of drug-likeness (QED) is 0.485. The van der Waals surface area contributed by atoms with Crippen LogP contribution in [0.4, 0.5) is 5.69 Å². The number of nitrogens with one attached hydrogen (secondary N) is 3. The van der Waals surface area contributed by atoms with Gasteiger partial charge in [0.1, 0.15) is 10.8 Å². The first kappa shape index (κ1) is 22.0. The average molecular weight is 451 g/mol. The van der Waals surface area contributed by atoms with Crippen molar-refractivity contribution in [3.05, 3.63) is 65.2 Å². The normalized spacial score (nSPS) is 15.3. The van der Waals surface area contributed by atoms with Crippen LogP contribution in [0.1, 0.15) is 35.7 Å². The highest BCUT2D eigenvalue weighted by Crippen LogP contribution is 2.25. The zero-order valence-electron chi connectivity index (χ0n) is 17.9. The van der Waals surface area contributed by atoms with E-state index in [1.807, 2.05) is 36.6 Å². The summed E-state index contributed by atoms with van der Waals surface area (Å²) in [5.74, 6) is 0.138. The van der Waals surface area contributed by atoms with E-state index in [-0.39, 0.29) is 17.9 Å². The van der Waals surface area contributed by atoms with Crippen LogP contribution in [0.15, 0.2) is 54.0 Å². The maximum absolute atomic E-state index is 13.0. The Hall–Kier alpha value is -3.23. The Bertz CT molecular complexity index is 1080. The van der Waals surface area contributed by atoms with Crippen LogP contribution in [0.3, 0.4) is 0 Å². The second-order valence-electron chi connectivity index (χ2n) is 7.50. The highest BCUT2D eigenvalue weighted by molar-refractivity contribution is 7.13. The van der Waals surface area contributed by atoms with E-state index in [1.54, 1.807) is 35.7 Å². The number of ether oxygens (including phenoxy) is 1. The molecule has 1 aliphatic heterocycles. The van der Waals surface area contributed by atoms with Gasteiger partial charge in [0.05, 0.1) is 18.2 Å². The maximum Gasteiger partial charge on any atom is 0.255 e. The van der Waals surface area contributed by atoms with Gasteiger partial charge in [-0.1, -0.05) is 18.2 Å². The summed E-state index contributed by atoms with van der Waals surface area (Å²) in [4.78, 5) is 29.8. The number of carbonyl (C=O) groups is 2. The zero-order valence-corrected chi connectivity index (χ0v) is 18.7. The molecule has 0 radical (unpaired) electrons. The molecule has 3 N–H and O–H groups in total. The Balaban J connectivity index is 1.46. The van der Waals surface area contributed by atoms with Gasteiger partial charge >= 0.3 is 0 Å². The van der Waals surface area contributed by atoms with Crippen molar-refractivity contribution in [2.24, 2.45) is 0 Å². The summed E-state index contributed by atoms with van der Waals surface area (Å²) in [7, 11) is 0. The van der Waals surface area contributed by atoms with E-state index >= 15 is 0 Å². The zero-order chi connectivity index (χ0) is 22.3. The van der Waals surface area contributed by atoms with Crippen LogP contribution in [0.25, 0.3) is 10.6 Å². The Morgan fingerprint density at radius 3 is 2.91 bits per heavy atom. The number of hydrogen-bond acceptors (Lipinski definition) is 6. The van der Waals surface area contributed by atoms with Crippen molar-refractivity contribution < 1.29 is 14.3 Å². The van der Waals surface area contributed by atoms with Gasteiger partial charge in [-0.2, -0.15) is 0 Å². The lowest BCUT2D eigenvalue weighted by Gasteiger charge is -2.15. The van der Waals surface area contributed by atoms with Crippen LogP contribution < -0.4 is 20.7 Å². The van der Waals surface area contributed by atoms with Crippen molar-refractivity contribution in [3.63, 3.8) is 0 Å². The summed E-state index contributed by atoms with van der Waals surface area (Å²) in [5, 5.41) is 11.9. The van der Waals surface area contributed by atoms with Gasteiger partial charge < -0.3 is 20.7 Å². The number of rotatable bonds is 8. The molecule has 32 heavy (non-hydrogen) atoms. The van der Waals surface area contributed by atoms with Crippen molar-refractivity contribution in [1.29, 1.82) is 0 Å². The first-order valence-corrected chi connectivity index (χ1v) is 11.6. The lowest BCUT2D eigenvalue weighted by atomic mass is 10.1.